The van der Waals surface area contributed by atoms with Gasteiger partial charge in [0.1, 0.15) is 35.6 Å². The minimum absolute atomic E-state index is 0.0336. The summed E-state index contributed by atoms with van der Waals surface area (Å²) in [6.45, 7) is 16.1. The summed E-state index contributed by atoms with van der Waals surface area (Å²) in [4.78, 5) is 73.1. The molecule has 5 aromatic carbocycles. The van der Waals surface area contributed by atoms with Crippen LogP contribution in [0.3, 0.4) is 0 Å². The van der Waals surface area contributed by atoms with Gasteiger partial charge in [-0.15, -0.1) is 21.5 Å². The Morgan fingerprint density at radius 1 is 0.660 bits per heavy atom. The van der Waals surface area contributed by atoms with Crippen molar-refractivity contribution in [1.82, 2.24) is 34.9 Å². The zero-order valence-electron chi connectivity index (χ0n) is 53.2. The number of hydrogen-bond acceptors (Lipinski definition) is 14. The standard InChI is InChI=1S/C32H39F2N3O7.C21H23ClN2O3.C17H15ClN4S/c1-21-26(33)9-10-27(34)28(21)29-25(32(35)40)20-37-30(29)31(39)24-7-5-23(6-8-24)4-3-12-41-14-16-43-18-19-44-17-15-42-13-11-36-22(2)38;22-19-8-4-7-17(15-19)9-10-20(25)23-11-13-24(14-12-23)21(26)27-16-18-5-2-1-3-6-18;1-9-10(2)23-17-15(9)16(12-4-6-13(18)7-5-12)19-8-14-21-20-11(3)22(14)17/h5-10,20,37H,3-4,11-19H2,1-2H3,(H2,35,40)(H,36,38);1-8,15H,9-14,16H2;4-7H,8H2,1-3H3. The predicted octanol–water partition coefficient (Wildman–Crippen LogP) is 11.7. The maximum absolute atomic E-state index is 14.8. The van der Waals surface area contributed by atoms with Crippen molar-refractivity contribution < 1.29 is 56.4 Å². The Labute approximate surface area is 559 Å². The zero-order valence-corrected chi connectivity index (χ0v) is 55.6. The van der Waals surface area contributed by atoms with Crippen molar-refractivity contribution in [3.63, 3.8) is 0 Å². The molecule has 10 rings (SSSR count). The van der Waals surface area contributed by atoms with Gasteiger partial charge in [-0.05, 0) is 111 Å². The van der Waals surface area contributed by atoms with Crippen molar-refractivity contribution in [2.75, 3.05) is 85.6 Å². The van der Waals surface area contributed by atoms with Gasteiger partial charge in [0.05, 0.1) is 63.2 Å². The third-order valence-corrected chi connectivity index (χ3v) is 17.2. The molecule has 496 valence electrons. The molecule has 0 spiro atoms. The lowest BCUT2D eigenvalue weighted by molar-refractivity contribution is -0.132. The summed E-state index contributed by atoms with van der Waals surface area (Å²) in [5.74, 6) is -0.991. The van der Waals surface area contributed by atoms with E-state index in [1.165, 1.54) is 36.0 Å². The SMILES string of the molecule is CC(=O)NCCOCCOCCOCCOCCCc1ccc(C(=O)c2[nH]cc(C(N)=O)c2-c2c(F)ccc(F)c2C)cc1.Cc1sc2c(c1C)C(c1ccc(Cl)cc1)=NCc1nnc(C)n1-2.O=C(CCc1cccc(Cl)c1)N1CCN(C(=O)OCc2ccccc2)CC1. The van der Waals surface area contributed by atoms with Crippen LogP contribution in [0, 0.1) is 39.3 Å². The molecule has 0 bridgehead atoms. The number of rotatable bonds is 26. The number of aliphatic imine (C=N–C) groups is 1. The van der Waals surface area contributed by atoms with Crippen molar-refractivity contribution in [1.29, 1.82) is 0 Å². The summed E-state index contributed by atoms with van der Waals surface area (Å²) >= 11 is 13.8. The van der Waals surface area contributed by atoms with Gasteiger partial charge in [-0.2, -0.15) is 0 Å². The third kappa shape index (κ3) is 20.0. The average Bonchev–Trinajstić information content (AvgIpc) is 1.59. The number of nitrogens with one attached hydrogen (secondary N) is 2. The Hall–Kier alpha value is -8.48. The van der Waals surface area contributed by atoms with Crippen molar-refractivity contribution in [2.45, 2.75) is 73.5 Å². The molecule has 0 radical (unpaired) electrons. The van der Waals surface area contributed by atoms with Gasteiger partial charge in [0.15, 0.2) is 5.82 Å². The molecule has 1 fully saturated rings. The van der Waals surface area contributed by atoms with E-state index in [4.69, 9.17) is 57.6 Å². The number of amides is 4. The number of carbonyl (C=O) groups is 5. The molecule has 0 atom stereocenters. The largest absolute Gasteiger partial charge is 0.445 e. The van der Waals surface area contributed by atoms with E-state index in [9.17, 15) is 32.8 Å². The average molecular weight is 1350 g/mol. The number of nitrogens with two attached hydrogens (primary N) is 1. The number of primary amides is 1. The van der Waals surface area contributed by atoms with E-state index in [1.54, 1.807) is 28.4 Å². The quantitative estimate of drug-likeness (QED) is 0.0339. The smallest absolute Gasteiger partial charge is 0.410 e. The van der Waals surface area contributed by atoms with Crippen LogP contribution in [0.5, 0.6) is 0 Å². The molecule has 0 unspecified atom stereocenters. The second-order valence-electron chi connectivity index (χ2n) is 22.1. The lowest BCUT2D eigenvalue weighted by Gasteiger charge is -2.34. The third-order valence-electron chi connectivity index (χ3n) is 15.5. The van der Waals surface area contributed by atoms with Gasteiger partial charge >= 0.3 is 6.09 Å². The van der Waals surface area contributed by atoms with Gasteiger partial charge in [-0.1, -0.05) is 102 Å². The molecule has 2 aliphatic heterocycles. The highest BCUT2D eigenvalue weighted by Crippen LogP contribution is 2.37. The summed E-state index contributed by atoms with van der Waals surface area (Å²) in [6, 6.07) is 33.9. The highest BCUT2D eigenvalue weighted by Gasteiger charge is 2.29. The van der Waals surface area contributed by atoms with Crippen LogP contribution < -0.4 is 11.1 Å². The monoisotopic (exact) mass is 1340 g/mol. The lowest BCUT2D eigenvalue weighted by atomic mass is 9.93. The van der Waals surface area contributed by atoms with Gasteiger partial charge in [0.25, 0.3) is 5.91 Å². The molecule has 0 aliphatic carbocycles. The van der Waals surface area contributed by atoms with E-state index in [2.05, 4.69) is 38.9 Å². The number of ether oxygens (including phenoxy) is 5. The number of fused-ring (bicyclic) bond motifs is 3. The fraction of sp³-hybridized carbons (Fsp3) is 0.343. The Balaban J connectivity index is 0.000000193. The van der Waals surface area contributed by atoms with Crippen LogP contribution in [-0.2, 0) is 59.3 Å². The van der Waals surface area contributed by atoms with E-state index in [1.807, 2.05) is 103 Å². The molecule has 19 nitrogen and oxygen atoms in total. The molecule has 94 heavy (non-hydrogen) atoms. The van der Waals surface area contributed by atoms with Crippen LogP contribution in [0.15, 0.2) is 126 Å². The number of ketones is 1. The molecular weight excluding hydrogens is 1270 g/mol. The van der Waals surface area contributed by atoms with E-state index in [0.717, 1.165) is 74.6 Å². The zero-order chi connectivity index (χ0) is 67.1. The summed E-state index contributed by atoms with van der Waals surface area (Å²) < 4.78 is 58.4. The number of nitrogens with zero attached hydrogens (tertiary/aromatic N) is 6. The number of H-pyrrole nitrogens is 1. The molecule has 1 saturated heterocycles. The van der Waals surface area contributed by atoms with Gasteiger partial charge in [0, 0.05) is 102 Å². The fourth-order valence-electron chi connectivity index (χ4n) is 10.4. The molecule has 24 heteroatoms. The number of aryl methyl sites for hydroxylation is 4. The number of piperazine rings is 1. The van der Waals surface area contributed by atoms with Gasteiger partial charge < -0.3 is 49.5 Å². The van der Waals surface area contributed by atoms with Crippen LogP contribution >= 0.6 is 34.5 Å². The number of halogens is 4. The Kier molecular flexibility index (Phi) is 27.1. The Morgan fingerprint density at radius 2 is 1.30 bits per heavy atom. The summed E-state index contributed by atoms with van der Waals surface area (Å²) in [5, 5.41) is 13.7. The fourth-order valence-corrected chi connectivity index (χ4v) is 11.9. The summed E-state index contributed by atoms with van der Waals surface area (Å²) in [5.41, 5.74) is 12.9. The van der Waals surface area contributed by atoms with Crippen molar-refractivity contribution in [3.8, 4) is 16.1 Å². The number of aromatic amines is 1. The van der Waals surface area contributed by atoms with Crippen molar-refractivity contribution >= 4 is 69.8 Å². The highest BCUT2D eigenvalue weighted by atomic mass is 35.5. The minimum atomic E-state index is -0.869. The normalized spacial score (nSPS) is 12.5. The van der Waals surface area contributed by atoms with Gasteiger partial charge in [-0.3, -0.25) is 28.7 Å². The molecule has 3 aromatic heterocycles. The highest BCUT2D eigenvalue weighted by molar-refractivity contribution is 7.15. The second kappa shape index (κ2) is 35.7. The molecule has 8 aromatic rings. The first-order chi connectivity index (χ1) is 45.4. The van der Waals surface area contributed by atoms with Crippen LogP contribution in [0.2, 0.25) is 10.0 Å². The van der Waals surface area contributed by atoms with Crippen molar-refractivity contribution in [2.24, 2.45) is 10.7 Å². The van der Waals surface area contributed by atoms with Gasteiger partial charge in [-0.25, -0.2) is 13.6 Å². The molecule has 5 heterocycles. The van der Waals surface area contributed by atoms with Crippen LogP contribution in [-0.4, -0.2) is 150 Å². The number of benzene rings is 5. The number of carbonyl (C=O) groups excluding carboxylic acids is 5. The first kappa shape index (κ1) is 71.4. The van der Waals surface area contributed by atoms with Crippen LogP contribution in [0.25, 0.3) is 16.1 Å². The van der Waals surface area contributed by atoms with E-state index in [0.29, 0.717) is 116 Å². The number of thiophene rings is 1. The Morgan fingerprint density at radius 3 is 1.96 bits per heavy atom. The van der Waals surface area contributed by atoms with E-state index < -0.39 is 23.3 Å². The number of hydrogen-bond donors (Lipinski definition) is 3. The summed E-state index contributed by atoms with van der Waals surface area (Å²) in [7, 11) is 0. The summed E-state index contributed by atoms with van der Waals surface area (Å²) in [6.07, 6.45) is 3.50. The molecule has 4 N–H and O–H groups in total. The topological polar surface area (TPSA) is 235 Å². The van der Waals surface area contributed by atoms with Crippen molar-refractivity contribution in [3.05, 3.63) is 215 Å². The minimum Gasteiger partial charge on any atom is -0.445 e. The molecule has 2 aliphatic rings. The first-order valence-corrected chi connectivity index (χ1v) is 32.4. The van der Waals surface area contributed by atoms with Gasteiger partial charge in [0.2, 0.25) is 17.6 Å². The Bertz CT molecular complexity index is 3890. The molecule has 4 amide bonds. The van der Waals surface area contributed by atoms with E-state index in [-0.39, 0.29) is 52.5 Å². The second-order valence-corrected chi connectivity index (χ2v) is 24.2. The van der Waals surface area contributed by atoms with E-state index >= 15 is 0 Å². The maximum Gasteiger partial charge on any atom is 0.410 e. The molecule has 0 saturated carbocycles. The maximum atomic E-state index is 14.8. The van der Waals surface area contributed by atoms with Crippen LogP contribution in [0.4, 0.5) is 13.6 Å². The molecular formula is C70H77Cl2F2N9O10S. The predicted molar refractivity (Wildman–Crippen MR) is 358 cm³/mol. The lowest BCUT2D eigenvalue weighted by Crippen LogP contribution is -2.50. The number of aromatic nitrogens is 4. The van der Waals surface area contributed by atoms with Crippen LogP contribution in [0.1, 0.15) is 102 Å². The first-order valence-electron chi connectivity index (χ1n) is 30.8.